The van der Waals surface area contributed by atoms with Crippen LogP contribution in [0.5, 0.6) is 5.75 Å². The van der Waals surface area contributed by atoms with E-state index in [4.69, 9.17) is 26.5 Å². The molecule has 1 amide bonds. The Morgan fingerprint density at radius 2 is 2.18 bits per heavy atom. The topological polar surface area (TPSA) is 77.5 Å². The highest BCUT2D eigenvalue weighted by Crippen LogP contribution is 2.28. The van der Waals surface area contributed by atoms with E-state index in [1.807, 2.05) is 6.92 Å². The fourth-order valence-corrected chi connectivity index (χ4v) is 1.95. The number of amides is 1. The summed E-state index contributed by atoms with van der Waals surface area (Å²) in [5.41, 5.74) is 6.44. The standard InChI is InChI=1S/C15H17ClN2O3.ClH/c1-2-5-20-14-4-3-11(7-13(14)16)18-15(19)10-6-12(8-17)21-9-10;/h3-4,6-7,9H,2,5,8,17H2,1H3,(H,18,19);1H. The van der Waals surface area contributed by atoms with E-state index in [2.05, 4.69) is 5.32 Å². The zero-order valence-corrected chi connectivity index (χ0v) is 13.7. The van der Waals surface area contributed by atoms with Gasteiger partial charge in [0.05, 0.1) is 23.7 Å². The van der Waals surface area contributed by atoms with Crippen LogP contribution in [0.25, 0.3) is 0 Å². The fraction of sp³-hybridized carbons (Fsp3) is 0.267. The first-order valence-corrected chi connectivity index (χ1v) is 7.03. The van der Waals surface area contributed by atoms with Crippen LogP contribution in [0, 0.1) is 0 Å². The normalized spacial score (nSPS) is 9.95. The molecule has 0 aliphatic rings. The highest BCUT2D eigenvalue weighted by Gasteiger charge is 2.11. The number of ether oxygens (including phenoxy) is 1. The first kappa shape index (κ1) is 18.4. The van der Waals surface area contributed by atoms with Crippen molar-refractivity contribution in [3.05, 3.63) is 46.9 Å². The number of benzene rings is 1. The Kier molecular flexibility index (Phi) is 7.24. The van der Waals surface area contributed by atoms with Crippen LogP contribution in [0.1, 0.15) is 29.5 Å². The minimum atomic E-state index is -0.281. The second-order valence-electron chi connectivity index (χ2n) is 4.45. The third kappa shape index (κ3) is 4.66. The molecule has 1 heterocycles. The molecule has 2 rings (SSSR count). The van der Waals surface area contributed by atoms with Crippen molar-refractivity contribution in [3.8, 4) is 5.75 Å². The maximum Gasteiger partial charge on any atom is 0.258 e. The maximum atomic E-state index is 12.0. The molecule has 0 radical (unpaired) electrons. The van der Waals surface area contributed by atoms with Crippen LogP contribution in [-0.2, 0) is 6.54 Å². The van der Waals surface area contributed by atoms with Crippen molar-refractivity contribution in [2.45, 2.75) is 19.9 Å². The second-order valence-corrected chi connectivity index (χ2v) is 4.86. The lowest BCUT2D eigenvalue weighted by molar-refractivity contribution is 0.102. The molecule has 0 atom stereocenters. The highest BCUT2D eigenvalue weighted by molar-refractivity contribution is 6.32. The van der Waals surface area contributed by atoms with Gasteiger partial charge in [-0.3, -0.25) is 4.79 Å². The van der Waals surface area contributed by atoms with E-state index < -0.39 is 0 Å². The molecule has 0 bridgehead atoms. The summed E-state index contributed by atoms with van der Waals surface area (Å²) in [5.74, 6) is 0.878. The van der Waals surface area contributed by atoms with Crippen LogP contribution in [0.4, 0.5) is 5.69 Å². The van der Waals surface area contributed by atoms with Crippen LogP contribution >= 0.6 is 24.0 Å². The lowest BCUT2D eigenvalue weighted by atomic mass is 10.2. The molecule has 22 heavy (non-hydrogen) atoms. The Morgan fingerprint density at radius 1 is 1.41 bits per heavy atom. The maximum absolute atomic E-state index is 12.0. The van der Waals surface area contributed by atoms with Crippen molar-refractivity contribution in [1.82, 2.24) is 0 Å². The molecule has 0 aliphatic carbocycles. The lowest BCUT2D eigenvalue weighted by Crippen LogP contribution is -2.11. The summed E-state index contributed by atoms with van der Waals surface area (Å²) in [6.45, 7) is 2.87. The zero-order chi connectivity index (χ0) is 15.2. The Labute approximate surface area is 140 Å². The van der Waals surface area contributed by atoms with Crippen LogP contribution in [-0.4, -0.2) is 12.5 Å². The van der Waals surface area contributed by atoms with Crippen LogP contribution in [0.15, 0.2) is 34.9 Å². The molecular weight excluding hydrogens is 327 g/mol. The molecule has 0 aliphatic heterocycles. The van der Waals surface area contributed by atoms with Gasteiger partial charge in [-0.15, -0.1) is 12.4 Å². The SMILES string of the molecule is CCCOc1ccc(NC(=O)c2coc(CN)c2)cc1Cl.Cl. The minimum Gasteiger partial charge on any atom is -0.492 e. The van der Waals surface area contributed by atoms with Gasteiger partial charge in [0.25, 0.3) is 5.91 Å². The molecule has 7 heteroatoms. The van der Waals surface area contributed by atoms with E-state index in [1.54, 1.807) is 24.3 Å². The summed E-state index contributed by atoms with van der Waals surface area (Å²) < 4.78 is 10.6. The molecule has 120 valence electrons. The lowest BCUT2D eigenvalue weighted by Gasteiger charge is -2.09. The highest BCUT2D eigenvalue weighted by atomic mass is 35.5. The van der Waals surface area contributed by atoms with Gasteiger partial charge >= 0.3 is 0 Å². The average Bonchev–Trinajstić information content (AvgIpc) is 2.95. The Morgan fingerprint density at radius 3 is 2.77 bits per heavy atom. The van der Waals surface area contributed by atoms with Crippen molar-refractivity contribution >= 4 is 35.6 Å². The van der Waals surface area contributed by atoms with Gasteiger partial charge in [-0.05, 0) is 30.7 Å². The molecular formula is C15H18Cl2N2O3. The van der Waals surface area contributed by atoms with E-state index in [1.165, 1.54) is 6.26 Å². The number of anilines is 1. The number of nitrogens with one attached hydrogen (secondary N) is 1. The Hall–Kier alpha value is -1.69. The molecule has 0 saturated heterocycles. The van der Waals surface area contributed by atoms with E-state index >= 15 is 0 Å². The number of hydrogen-bond acceptors (Lipinski definition) is 4. The summed E-state index contributed by atoms with van der Waals surface area (Å²) >= 11 is 6.11. The molecule has 0 fully saturated rings. The zero-order valence-electron chi connectivity index (χ0n) is 12.1. The molecule has 0 spiro atoms. The summed E-state index contributed by atoms with van der Waals surface area (Å²) in [6.07, 6.45) is 2.27. The number of carbonyl (C=O) groups excluding carboxylic acids is 1. The summed E-state index contributed by atoms with van der Waals surface area (Å²) in [4.78, 5) is 12.0. The fourth-order valence-electron chi connectivity index (χ4n) is 1.72. The van der Waals surface area contributed by atoms with Crippen molar-refractivity contribution in [2.75, 3.05) is 11.9 Å². The monoisotopic (exact) mass is 344 g/mol. The number of hydrogen-bond donors (Lipinski definition) is 2. The summed E-state index contributed by atoms with van der Waals surface area (Å²) in [5, 5.41) is 3.19. The summed E-state index contributed by atoms with van der Waals surface area (Å²) in [7, 11) is 0. The third-order valence-corrected chi connectivity index (χ3v) is 3.06. The molecule has 5 nitrogen and oxygen atoms in total. The molecule has 3 N–H and O–H groups in total. The molecule has 0 unspecified atom stereocenters. The van der Waals surface area contributed by atoms with Crippen LogP contribution in [0.3, 0.4) is 0 Å². The first-order chi connectivity index (χ1) is 10.1. The number of nitrogens with two attached hydrogens (primary N) is 1. The molecule has 1 aromatic carbocycles. The van der Waals surface area contributed by atoms with Gasteiger partial charge < -0.3 is 20.2 Å². The first-order valence-electron chi connectivity index (χ1n) is 6.65. The van der Waals surface area contributed by atoms with Gasteiger partial charge in [0.2, 0.25) is 0 Å². The van der Waals surface area contributed by atoms with E-state index in [-0.39, 0.29) is 24.9 Å². The molecule has 1 aromatic heterocycles. The Bertz CT molecular complexity index is 629. The van der Waals surface area contributed by atoms with Crippen molar-refractivity contribution < 1.29 is 13.9 Å². The van der Waals surface area contributed by atoms with Crippen LogP contribution < -0.4 is 15.8 Å². The summed E-state index contributed by atoms with van der Waals surface area (Å²) in [6, 6.07) is 6.72. The second kappa shape index (κ2) is 8.68. The van der Waals surface area contributed by atoms with Crippen molar-refractivity contribution in [1.29, 1.82) is 0 Å². The van der Waals surface area contributed by atoms with Gasteiger partial charge in [-0.2, -0.15) is 0 Å². The van der Waals surface area contributed by atoms with Gasteiger partial charge in [0.1, 0.15) is 17.8 Å². The van der Waals surface area contributed by atoms with Crippen LogP contribution in [0.2, 0.25) is 5.02 Å². The predicted octanol–water partition coefficient (Wildman–Crippen LogP) is 3.85. The molecule has 0 saturated carbocycles. The third-order valence-electron chi connectivity index (χ3n) is 2.77. The van der Waals surface area contributed by atoms with Gasteiger partial charge in [0.15, 0.2) is 0 Å². The van der Waals surface area contributed by atoms with Crippen molar-refractivity contribution in [3.63, 3.8) is 0 Å². The number of carbonyl (C=O) groups is 1. The quantitative estimate of drug-likeness (QED) is 0.834. The predicted molar refractivity (Wildman–Crippen MR) is 89.0 cm³/mol. The van der Waals surface area contributed by atoms with E-state index in [9.17, 15) is 4.79 Å². The van der Waals surface area contributed by atoms with Gasteiger partial charge in [-0.1, -0.05) is 18.5 Å². The van der Waals surface area contributed by atoms with Gasteiger partial charge in [0, 0.05) is 5.69 Å². The average molecular weight is 345 g/mol. The minimum absolute atomic E-state index is 0. The number of halogens is 2. The van der Waals surface area contributed by atoms with E-state index in [0.717, 1.165) is 6.42 Å². The van der Waals surface area contributed by atoms with E-state index in [0.29, 0.717) is 34.4 Å². The smallest absolute Gasteiger partial charge is 0.258 e. The van der Waals surface area contributed by atoms with Gasteiger partial charge in [-0.25, -0.2) is 0 Å². The number of rotatable bonds is 6. The number of furan rings is 1. The molecule has 2 aromatic rings. The largest absolute Gasteiger partial charge is 0.492 e. The van der Waals surface area contributed by atoms with Crippen molar-refractivity contribution in [2.24, 2.45) is 5.73 Å². The Balaban J connectivity index is 0.00000242.